The minimum absolute atomic E-state index is 0.00993. The third-order valence-electron chi connectivity index (χ3n) is 3.98. The molecule has 0 spiro atoms. The summed E-state index contributed by atoms with van der Waals surface area (Å²) < 4.78 is 66.9. The van der Waals surface area contributed by atoms with E-state index in [-0.39, 0.29) is 21.5 Å². The first-order chi connectivity index (χ1) is 11.7. The number of nitrogens with zero attached hydrogens (tertiary/aromatic N) is 1. The average Bonchev–Trinajstić information content (AvgIpc) is 2.52. The topological polar surface area (TPSA) is 59.1 Å². The highest BCUT2D eigenvalue weighted by atomic mass is 35.5. The van der Waals surface area contributed by atoms with Crippen molar-refractivity contribution < 1.29 is 21.6 Å². The van der Waals surface area contributed by atoms with Crippen LogP contribution in [0.4, 0.5) is 18.9 Å². The highest BCUT2D eigenvalue weighted by Gasteiger charge is 2.35. The summed E-state index contributed by atoms with van der Waals surface area (Å²) >= 11 is 5.96. The number of benzene rings is 2. The molecule has 1 aromatic heterocycles. The molecule has 0 amide bonds. The number of rotatable bonds is 0. The number of halogens is 4. The summed E-state index contributed by atoms with van der Waals surface area (Å²) in [6.45, 7) is 0. The molecular formula is C16H8ClF3N2O2S. The van der Waals surface area contributed by atoms with Crippen LogP contribution in [0.5, 0.6) is 0 Å². The van der Waals surface area contributed by atoms with Crippen molar-refractivity contribution in [3.63, 3.8) is 0 Å². The molecule has 25 heavy (non-hydrogen) atoms. The van der Waals surface area contributed by atoms with Gasteiger partial charge in [-0.2, -0.15) is 13.2 Å². The van der Waals surface area contributed by atoms with Gasteiger partial charge in [-0.05, 0) is 24.3 Å². The van der Waals surface area contributed by atoms with E-state index in [4.69, 9.17) is 11.6 Å². The quantitative estimate of drug-likeness (QED) is 0.611. The lowest BCUT2D eigenvalue weighted by atomic mass is 9.99. The summed E-state index contributed by atoms with van der Waals surface area (Å²) in [6, 6.07) is 7.84. The monoisotopic (exact) mass is 384 g/mol. The Labute approximate surface area is 145 Å². The molecule has 0 aliphatic carbocycles. The fourth-order valence-corrected chi connectivity index (χ4v) is 4.39. The molecule has 4 rings (SSSR count). The zero-order chi connectivity index (χ0) is 18.0. The lowest BCUT2D eigenvalue weighted by Gasteiger charge is -2.23. The van der Waals surface area contributed by atoms with Gasteiger partial charge in [0.05, 0.1) is 21.7 Å². The van der Waals surface area contributed by atoms with Gasteiger partial charge in [0.15, 0.2) is 0 Å². The molecule has 4 nitrogen and oxygen atoms in total. The van der Waals surface area contributed by atoms with Crippen LogP contribution in [-0.4, -0.2) is 13.4 Å². The molecule has 3 aromatic rings. The maximum atomic E-state index is 13.2. The van der Waals surface area contributed by atoms with Gasteiger partial charge >= 0.3 is 6.18 Å². The van der Waals surface area contributed by atoms with Crippen molar-refractivity contribution in [2.75, 3.05) is 4.72 Å². The highest BCUT2D eigenvalue weighted by molar-refractivity contribution is 7.93. The molecule has 0 saturated carbocycles. The first-order valence-corrected chi connectivity index (χ1v) is 8.86. The number of hydrogen-bond donors (Lipinski definition) is 1. The summed E-state index contributed by atoms with van der Waals surface area (Å²) in [5.74, 6) is 0. The van der Waals surface area contributed by atoms with Gasteiger partial charge in [0, 0.05) is 27.7 Å². The number of pyridine rings is 1. The SMILES string of the molecule is O=S1(=O)Nc2c(ccc3c(C(F)(F)F)ccnc23)-c2cc(Cl)ccc21. The molecule has 0 atom stereocenters. The summed E-state index contributed by atoms with van der Waals surface area (Å²) in [7, 11) is -3.94. The highest BCUT2D eigenvalue weighted by Crippen LogP contribution is 2.45. The molecule has 0 unspecified atom stereocenters. The number of alkyl halides is 3. The van der Waals surface area contributed by atoms with Gasteiger partial charge in [0.25, 0.3) is 10.0 Å². The minimum Gasteiger partial charge on any atom is -0.277 e. The zero-order valence-electron chi connectivity index (χ0n) is 12.2. The second kappa shape index (κ2) is 5.09. The maximum Gasteiger partial charge on any atom is 0.417 e. The van der Waals surface area contributed by atoms with Crippen molar-refractivity contribution in [1.29, 1.82) is 0 Å². The van der Waals surface area contributed by atoms with Crippen molar-refractivity contribution in [3.05, 3.63) is 53.2 Å². The van der Waals surface area contributed by atoms with Crippen LogP contribution in [0.2, 0.25) is 5.02 Å². The fraction of sp³-hybridized carbons (Fsp3) is 0.0625. The predicted molar refractivity (Wildman–Crippen MR) is 88.0 cm³/mol. The second-order valence-electron chi connectivity index (χ2n) is 5.49. The number of nitrogens with one attached hydrogen (secondary N) is 1. The smallest absolute Gasteiger partial charge is 0.277 e. The molecule has 1 N–H and O–H groups in total. The molecule has 128 valence electrons. The fourth-order valence-electron chi connectivity index (χ4n) is 2.93. The van der Waals surface area contributed by atoms with Crippen molar-refractivity contribution >= 4 is 38.2 Å². The van der Waals surface area contributed by atoms with E-state index in [0.29, 0.717) is 16.1 Å². The molecule has 9 heteroatoms. The minimum atomic E-state index is -4.58. The van der Waals surface area contributed by atoms with E-state index < -0.39 is 21.8 Å². The van der Waals surface area contributed by atoms with Crippen LogP contribution >= 0.6 is 11.6 Å². The van der Waals surface area contributed by atoms with Crippen LogP contribution in [0, 0.1) is 0 Å². The van der Waals surface area contributed by atoms with Gasteiger partial charge in [-0.15, -0.1) is 0 Å². The maximum absolute atomic E-state index is 13.2. The van der Waals surface area contributed by atoms with Gasteiger partial charge in [-0.3, -0.25) is 9.71 Å². The third-order valence-corrected chi connectivity index (χ3v) is 5.62. The molecular weight excluding hydrogens is 377 g/mol. The van der Waals surface area contributed by atoms with E-state index in [1.54, 1.807) is 0 Å². The van der Waals surface area contributed by atoms with Crippen molar-refractivity contribution in [1.82, 2.24) is 4.98 Å². The normalized spacial score (nSPS) is 15.4. The zero-order valence-corrected chi connectivity index (χ0v) is 13.8. The number of fused-ring (bicyclic) bond motifs is 5. The van der Waals surface area contributed by atoms with Gasteiger partial charge in [-0.25, -0.2) is 8.42 Å². The van der Waals surface area contributed by atoms with Gasteiger partial charge in [0.2, 0.25) is 0 Å². The van der Waals surface area contributed by atoms with Crippen molar-refractivity contribution in [2.45, 2.75) is 11.1 Å². The van der Waals surface area contributed by atoms with Crippen LogP contribution in [0.15, 0.2) is 47.5 Å². The van der Waals surface area contributed by atoms with E-state index in [9.17, 15) is 21.6 Å². The lowest BCUT2D eigenvalue weighted by Crippen LogP contribution is -2.19. The second-order valence-corrected chi connectivity index (χ2v) is 7.57. The molecule has 2 aromatic carbocycles. The van der Waals surface area contributed by atoms with Crippen LogP contribution < -0.4 is 4.72 Å². The Morgan fingerprint density at radius 2 is 1.80 bits per heavy atom. The predicted octanol–water partition coefficient (Wildman–Crippen LogP) is 4.69. The standard InChI is InChI=1S/C16H8ClF3N2O2S/c17-8-1-4-13-11(7-8)9-2-3-10-12(16(18,19)20)5-6-21-14(10)15(9)22-25(13,23)24/h1-7,22H. The molecule has 0 saturated heterocycles. The Balaban J connectivity index is 2.12. The molecule has 2 heterocycles. The Bertz CT molecular complexity index is 1140. The van der Waals surface area contributed by atoms with E-state index in [2.05, 4.69) is 9.71 Å². The van der Waals surface area contributed by atoms with E-state index in [1.165, 1.54) is 30.3 Å². The van der Waals surface area contributed by atoms with Gasteiger partial charge < -0.3 is 0 Å². The van der Waals surface area contributed by atoms with Gasteiger partial charge in [-0.1, -0.05) is 23.7 Å². The number of aromatic nitrogens is 1. The summed E-state index contributed by atoms with van der Waals surface area (Å²) in [4.78, 5) is 3.98. The van der Waals surface area contributed by atoms with Crippen LogP contribution in [-0.2, 0) is 16.2 Å². The summed E-state index contributed by atoms with van der Waals surface area (Å²) in [6.07, 6.45) is -3.57. The first kappa shape index (κ1) is 16.2. The van der Waals surface area contributed by atoms with E-state index in [1.807, 2.05) is 0 Å². The van der Waals surface area contributed by atoms with Crippen LogP contribution in [0.25, 0.3) is 22.0 Å². The molecule has 0 bridgehead atoms. The summed E-state index contributed by atoms with van der Waals surface area (Å²) in [5, 5.41) is 0.140. The van der Waals surface area contributed by atoms with Gasteiger partial charge in [0.1, 0.15) is 0 Å². The largest absolute Gasteiger partial charge is 0.417 e. The third kappa shape index (κ3) is 2.44. The van der Waals surface area contributed by atoms with Crippen molar-refractivity contribution in [3.8, 4) is 11.1 Å². The average molecular weight is 385 g/mol. The Morgan fingerprint density at radius 1 is 1.04 bits per heavy atom. The van der Waals surface area contributed by atoms with Crippen molar-refractivity contribution in [2.24, 2.45) is 0 Å². The summed E-state index contributed by atoms with van der Waals surface area (Å²) in [5.41, 5.74) is -0.190. The Kier molecular flexibility index (Phi) is 3.29. The van der Waals surface area contributed by atoms with E-state index >= 15 is 0 Å². The Hall–Kier alpha value is -2.32. The lowest BCUT2D eigenvalue weighted by molar-refractivity contribution is -0.136. The van der Waals surface area contributed by atoms with Crippen LogP contribution in [0.3, 0.4) is 0 Å². The molecule has 1 aliphatic heterocycles. The number of hydrogen-bond acceptors (Lipinski definition) is 3. The molecule has 0 fully saturated rings. The van der Waals surface area contributed by atoms with Crippen LogP contribution in [0.1, 0.15) is 5.56 Å². The van der Waals surface area contributed by atoms with E-state index in [0.717, 1.165) is 12.3 Å². The molecule has 1 aliphatic rings. The Morgan fingerprint density at radius 3 is 2.52 bits per heavy atom. The molecule has 0 radical (unpaired) electrons. The number of anilines is 1. The number of sulfonamides is 1. The first-order valence-electron chi connectivity index (χ1n) is 7.00.